The van der Waals surface area contributed by atoms with E-state index in [0.717, 1.165) is 6.42 Å². The Labute approximate surface area is 101 Å². The number of benzene rings is 1. The zero-order chi connectivity index (χ0) is 12.7. The van der Waals surface area contributed by atoms with Crippen LogP contribution in [0.3, 0.4) is 0 Å². The Hall–Kier alpha value is -1.84. The second-order valence-electron chi connectivity index (χ2n) is 3.56. The van der Waals surface area contributed by atoms with Crippen molar-refractivity contribution in [2.45, 2.75) is 20.3 Å². The van der Waals surface area contributed by atoms with Gasteiger partial charge in [0, 0.05) is 0 Å². The molecule has 4 heteroatoms. The maximum absolute atomic E-state index is 11.3. The van der Waals surface area contributed by atoms with Gasteiger partial charge in [0.2, 0.25) is 0 Å². The van der Waals surface area contributed by atoms with Crippen LogP contribution >= 0.6 is 0 Å². The lowest BCUT2D eigenvalue weighted by atomic mass is 10.1. The van der Waals surface area contributed by atoms with Crippen molar-refractivity contribution in [2.24, 2.45) is 0 Å². The molecule has 0 aliphatic heterocycles. The van der Waals surface area contributed by atoms with Crippen molar-refractivity contribution in [3.8, 4) is 5.75 Å². The van der Waals surface area contributed by atoms with Crippen LogP contribution in [-0.2, 0) is 9.53 Å². The SMILES string of the molecule is CCCOC(=O)COc1ccccc1C(C)=O. The van der Waals surface area contributed by atoms with Gasteiger partial charge in [0.1, 0.15) is 5.75 Å². The molecule has 0 saturated carbocycles. The molecule has 0 fully saturated rings. The summed E-state index contributed by atoms with van der Waals surface area (Å²) in [5.74, 6) is -0.110. The third-order valence-electron chi connectivity index (χ3n) is 2.08. The second kappa shape index (κ2) is 6.68. The van der Waals surface area contributed by atoms with Gasteiger partial charge in [0.05, 0.1) is 12.2 Å². The third kappa shape index (κ3) is 4.26. The lowest BCUT2D eigenvalue weighted by Crippen LogP contribution is -2.16. The summed E-state index contributed by atoms with van der Waals surface area (Å²) in [5.41, 5.74) is 0.468. The monoisotopic (exact) mass is 236 g/mol. The number of esters is 1. The van der Waals surface area contributed by atoms with E-state index in [1.165, 1.54) is 6.92 Å². The van der Waals surface area contributed by atoms with Crippen molar-refractivity contribution in [1.82, 2.24) is 0 Å². The summed E-state index contributed by atoms with van der Waals surface area (Å²) in [6.45, 7) is 3.58. The van der Waals surface area contributed by atoms with Crippen LogP contribution in [0.4, 0.5) is 0 Å². The Bertz CT molecular complexity index is 398. The molecular weight excluding hydrogens is 220 g/mol. The fourth-order valence-electron chi connectivity index (χ4n) is 1.28. The van der Waals surface area contributed by atoms with E-state index in [2.05, 4.69) is 0 Å². The number of carbonyl (C=O) groups is 2. The van der Waals surface area contributed by atoms with Gasteiger partial charge >= 0.3 is 5.97 Å². The molecule has 0 heterocycles. The highest BCUT2D eigenvalue weighted by atomic mass is 16.6. The number of hydrogen-bond donors (Lipinski definition) is 0. The van der Waals surface area contributed by atoms with E-state index in [1.54, 1.807) is 24.3 Å². The highest BCUT2D eigenvalue weighted by molar-refractivity contribution is 5.96. The van der Waals surface area contributed by atoms with E-state index in [4.69, 9.17) is 9.47 Å². The molecule has 1 aromatic carbocycles. The van der Waals surface area contributed by atoms with Crippen molar-refractivity contribution >= 4 is 11.8 Å². The van der Waals surface area contributed by atoms with Gasteiger partial charge in [-0.1, -0.05) is 19.1 Å². The van der Waals surface area contributed by atoms with Gasteiger partial charge < -0.3 is 9.47 Å². The van der Waals surface area contributed by atoms with Crippen molar-refractivity contribution in [1.29, 1.82) is 0 Å². The Morgan fingerprint density at radius 2 is 1.94 bits per heavy atom. The predicted molar refractivity (Wildman–Crippen MR) is 63.2 cm³/mol. The molecule has 0 radical (unpaired) electrons. The number of ketones is 1. The molecule has 1 rings (SSSR count). The van der Waals surface area contributed by atoms with E-state index in [1.807, 2.05) is 6.92 Å². The first-order chi connectivity index (χ1) is 8.15. The summed E-state index contributed by atoms with van der Waals surface area (Å²) >= 11 is 0. The lowest BCUT2D eigenvalue weighted by molar-refractivity contribution is -0.146. The van der Waals surface area contributed by atoms with Crippen LogP contribution in [0.25, 0.3) is 0 Å². The summed E-state index contributed by atoms with van der Waals surface area (Å²) < 4.78 is 10.1. The highest BCUT2D eigenvalue weighted by Crippen LogP contribution is 2.18. The molecule has 0 bridgehead atoms. The van der Waals surface area contributed by atoms with Gasteiger partial charge in [-0.05, 0) is 25.5 Å². The van der Waals surface area contributed by atoms with Gasteiger partial charge in [0.25, 0.3) is 0 Å². The van der Waals surface area contributed by atoms with Gasteiger partial charge in [0.15, 0.2) is 12.4 Å². The highest BCUT2D eigenvalue weighted by Gasteiger charge is 2.09. The normalized spacial score (nSPS) is 9.76. The van der Waals surface area contributed by atoms with Crippen molar-refractivity contribution < 1.29 is 19.1 Å². The predicted octanol–water partition coefficient (Wildman–Crippen LogP) is 2.22. The minimum absolute atomic E-state index is 0.0949. The molecule has 0 N–H and O–H groups in total. The number of Topliss-reactive ketones (excluding diaryl/α,β-unsaturated/α-hetero) is 1. The maximum atomic E-state index is 11.3. The first kappa shape index (κ1) is 13.2. The number of rotatable bonds is 6. The summed E-state index contributed by atoms with van der Waals surface area (Å²) in [5, 5.41) is 0. The van der Waals surface area contributed by atoms with Crippen molar-refractivity contribution in [2.75, 3.05) is 13.2 Å². The summed E-state index contributed by atoms with van der Waals surface area (Å²) in [7, 11) is 0. The average molecular weight is 236 g/mol. The van der Waals surface area contributed by atoms with Gasteiger partial charge in [-0.2, -0.15) is 0 Å². The quantitative estimate of drug-likeness (QED) is 0.561. The Kier molecular flexibility index (Phi) is 5.20. The standard InChI is InChI=1S/C13H16O4/c1-3-8-16-13(15)9-17-12-7-5-4-6-11(12)10(2)14/h4-7H,3,8-9H2,1-2H3. The number of carbonyl (C=O) groups excluding carboxylic acids is 2. The van der Waals surface area contributed by atoms with Crippen LogP contribution in [0.5, 0.6) is 5.75 Å². The largest absolute Gasteiger partial charge is 0.481 e. The van der Waals surface area contributed by atoms with E-state index >= 15 is 0 Å². The number of ether oxygens (including phenoxy) is 2. The molecule has 0 amide bonds. The molecule has 0 atom stereocenters. The van der Waals surface area contributed by atoms with Gasteiger partial charge in [-0.25, -0.2) is 4.79 Å². The minimum Gasteiger partial charge on any atom is -0.481 e. The summed E-state index contributed by atoms with van der Waals surface area (Å²) in [6.07, 6.45) is 0.774. The molecule has 92 valence electrons. The molecule has 4 nitrogen and oxygen atoms in total. The first-order valence-electron chi connectivity index (χ1n) is 5.53. The summed E-state index contributed by atoms with van der Waals surface area (Å²) in [6, 6.07) is 6.82. The van der Waals surface area contributed by atoms with E-state index in [-0.39, 0.29) is 12.4 Å². The molecular formula is C13H16O4. The minimum atomic E-state index is -0.426. The molecule has 0 spiro atoms. The first-order valence-corrected chi connectivity index (χ1v) is 5.53. The van der Waals surface area contributed by atoms with Crippen LogP contribution < -0.4 is 4.74 Å². The maximum Gasteiger partial charge on any atom is 0.344 e. The average Bonchev–Trinajstić information content (AvgIpc) is 2.34. The van der Waals surface area contributed by atoms with Crippen LogP contribution in [0, 0.1) is 0 Å². The zero-order valence-corrected chi connectivity index (χ0v) is 10.1. The molecule has 0 saturated heterocycles. The van der Waals surface area contributed by atoms with Crippen molar-refractivity contribution in [3.05, 3.63) is 29.8 Å². The van der Waals surface area contributed by atoms with E-state index in [0.29, 0.717) is 17.9 Å². The third-order valence-corrected chi connectivity index (χ3v) is 2.08. The van der Waals surface area contributed by atoms with Gasteiger partial charge in [-0.15, -0.1) is 0 Å². The fraction of sp³-hybridized carbons (Fsp3) is 0.385. The zero-order valence-electron chi connectivity index (χ0n) is 10.1. The summed E-state index contributed by atoms with van der Waals surface area (Å²) in [4.78, 5) is 22.5. The second-order valence-corrected chi connectivity index (χ2v) is 3.56. The molecule has 1 aromatic rings. The fourth-order valence-corrected chi connectivity index (χ4v) is 1.28. The van der Waals surface area contributed by atoms with Crippen molar-refractivity contribution in [3.63, 3.8) is 0 Å². The Balaban J connectivity index is 2.57. The molecule has 17 heavy (non-hydrogen) atoms. The van der Waals surface area contributed by atoms with Crippen LogP contribution in [-0.4, -0.2) is 25.0 Å². The van der Waals surface area contributed by atoms with Gasteiger partial charge in [-0.3, -0.25) is 4.79 Å². The van der Waals surface area contributed by atoms with E-state index in [9.17, 15) is 9.59 Å². The van der Waals surface area contributed by atoms with E-state index < -0.39 is 5.97 Å². The number of hydrogen-bond acceptors (Lipinski definition) is 4. The lowest BCUT2D eigenvalue weighted by Gasteiger charge is -2.09. The molecule has 0 aromatic heterocycles. The van der Waals surface area contributed by atoms with Crippen LogP contribution in [0.2, 0.25) is 0 Å². The van der Waals surface area contributed by atoms with Crippen LogP contribution in [0.1, 0.15) is 30.6 Å². The molecule has 0 aliphatic carbocycles. The Morgan fingerprint density at radius 1 is 1.24 bits per heavy atom. The molecule has 0 aliphatic rings. The molecule has 0 unspecified atom stereocenters. The number of para-hydroxylation sites is 1. The smallest absolute Gasteiger partial charge is 0.344 e. The topological polar surface area (TPSA) is 52.6 Å². The van der Waals surface area contributed by atoms with Crippen LogP contribution in [0.15, 0.2) is 24.3 Å². The Morgan fingerprint density at radius 3 is 2.59 bits per heavy atom.